The summed E-state index contributed by atoms with van der Waals surface area (Å²) in [4.78, 5) is 3.83. The molecule has 0 aliphatic heterocycles. The number of hydrogen-bond donors (Lipinski definition) is 2. The highest BCUT2D eigenvalue weighted by Crippen LogP contribution is 2.26. The van der Waals surface area contributed by atoms with Gasteiger partial charge in [0, 0.05) is 22.9 Å². The van der Waals surface area contributed by atoms with E-state index in [2.05, 4.69) is 4.98 Å². The Kier molecular flexibility index (Phi) is 3.01. The normalized spacial score (nSPS) is 10.5. The number of nitrogens with two attached hydrogens (primary N) is 1. The van der Waals surface area contributed by atoms with Gasteiger partial charge in [0.2, 0.25) is 0 Å². The first kappa shape index (κ1) is 11.5. The fourth-order valence-electron chi connectivity index (χ4n) is 1.53. The van der Waals surface area contributed by atoms with E-state index in [0.717, 1.165) is 6.07 Å². The van der Waals surface area contributed by atoms with E-state index in [1.807, 2.05) is 0 Å². The van der Waals surface area contributed by atoms with Crippen molar-refractivity contribution in [3.05, 3.63) is 47.7 Å². The second kappa shape index (κ2) is 4.47. The van der Waals surface area contributed by atoms with Crippen molar-refractivity contribution in [3.63, 3.8) is 0 Å². The number of rotatable bonds is 2. The van der Waals surface area contributed by atoms with Crippen molar-refractivity contribution in [3.8, 4) is 11.1 Å². The Morgan fingerprint density at radius 3 is 2.53 bits per heavy atom. The topological polar surface area (TPSA) is 59.1 Å². The molecule has 0 radical (unpaired) electrons. The first-order valence-corrected chi connectivity index (χ1v) is 4.93. The lowest BCUT2D eigenvalue weighted by Gasteiger charge is -2.07. The fourth-order valence-corrected chi connectivity index (χ4v) is 1.53. The second-order valence-corrected chi connectivity index (χ2v) is 3.52. The van der Waals surface area contributed by atoms with Crippen LogP contribution in [0.2, 0.25) is 0 Å². The first-order valence-electron chi connectivity index (χ1n) is 4.93. The van der Waals surface area contributed by atoms with Gasteiger partial charge < -0.3 is 10.8 Å². The van der Waals surface area contributed by atoms with Crippen LogP contribution in [0.15, 0.2) is 30.5 Å². The number of aromatic nitrogens is 1. The molecule has 0 saturated heterocycles. The molecular formula is C12H10F2N2O. The van der Waals surface area contributed by atoms with E-state index in [0.29, 0.717) is 11.4 Å². The maximum atomic E-state index is 13.9. The Bertz CT molecular complexity index is 541. The van der Waals surface area contributed by atoms with E-state index in [-0.39, 0.29) is 11.1 Å². The van der Waals surface area contributed by atoms with Crippen molar-refractivity contribution in [2.24, 2.45) is 0 Å². The van der Waals surface area contributed by atoms with Crippen molar-refractivity contribution in [1.29, 1.82) is 0 Å². The zero-order valence-electron chi connectivity index (χ0n) is 8.82. The predicted octanol–water partition coefficient (Wildman–Crippen LogP) is 2.10. The number of aliphatic hydroxyl groups excluding tert-OH is 1. The summed E-state index contributed by atoms with van der Waals surface area (Å²) in [5.41, 5.74) is 5.73. The number of hydrogen-bond acceptors (Lipinski definition) is 3. The second-order valence-electron chi connectivity index (χ2n) is 3.52. The van der Waals surface area contributed by atoms with E-state index in [1.54, 1.807) is 6.07 Å². The van der Waals surface area contributed by atoms with Crippen LogP contribution in [0.3, 0.4) is 0 Å². The lowest BCUT2D eigenvalue weighted by molar-refractivity contribution is 0.269. The molecule has 0 saturated carbocycles. The Hall–Kier alpha value is -2.01. The number of nitrogens with zero attached hydrogens (tertiary/aromatic N) is 1. The van der Waals surface area contributed by atoms with Gasteiger partial charge in [0.15, 0.2) is 0 Å². The van der Waals surface area contributed by atoms with Gasteiger partial charge in [-0.1, -0.05) is 0 Å². The average molecular weight is 236 g/mol. The molecule has 5 heteroatoms. The van der Waals surface area contributed by atoms with Gasteiger partial charge in [-0.15, -0.1) is 0 Å². The summed E-state index contributed by atoms with van der Waals surface area (Å²) in [5.74, 6) is -1.23. The number of benzene rings is 1. The molecule has 0 fully saturated rings. The molecule has 2 aromatic rings. The van der Waals surface area contributed by atoms with Crippen molar-refractivity contribution in [2.45, 2.75) is 6.61 Å². The third-order valence-corrected chi connectivity index (χ3v) is 2.44. The van der Waals surface area contributed by atoms with Gasteiger partial charge in [-0.05, 0) is 24.3 Å². The van der Waals surface area contributed by atoms with E-state index < -0.39 is 18.2 Å². The van der Waals surface area contributed by atoms with E-state index in [9.17, 15) is 8.78 Å². The SMILES string of the molecule is Nc1ccc(-c2ccc(F)c(CO)c2F)cn1. The number of pyridine rings is 1. The molecule has 0 bridgehead atoms. The van der Waals surface area contributed by atoms with Crippen LogP contribution in [0.5, 0.6) is 0 Å². The third kappa shape index (κ3) is 2.09. The van der Waals surface area contributed by atoms with Crippen LogP contribution in [0.1, 0.15) is 5.56 Å². The van der Waals surface area contributed by atoms with Crippen molar-refractivity contribution < 1.29 is 13.9 Å². The Labute approximate surface area is 96.5 Å². The van der Waals surface area contributed by atoms with E-state index in [1.165, 1.54) is 18.3 Å². The highest BCUT2D eigenvalue weighted by molar-refractivity contribution is 5.65. The smallest absolute Gasteiger partial charge is 0.139 e. The lowest BCUT2D eigenvalue weighted by Crippen LogP contribution is -1.98. The molecule has 0 unspecified atom stereocenters. The monoisotopic (exact) mass is 236 g/mol. The number of anilines is 1. The molecule has 3 nitrogen and oxygen atoms in total. The molecule has 1 aromatic carbocycles. The third-order valence-electron chi connectivity index (χ3n) is 2.44. The van der Waals surface area contributed by atoms with Gasteiger partial charge >= 0.3 is 0 Å². The Balaban J connectivity index is 2.56. The van der Waals surface area contributed by atoms with Gasteiger partial charge in [0.1, 0.15) is 17.5 Å². The molecule has 1 heterocycles. The van der Waals surface area contributed by atoms with Crippen LogP contribution >= 0.6 is 0 Å². The summed E-state index contributed by atoms with van der Waals surface area (Å²) in [6.45, 7) is -0.687. The average Bonchev–Trinajstić information content (AvgIpc) is 2.31. The molecule has 0 spiro atoms. The van der Waals surface area contributed by atoms with Crippen LogP contribution in [-0.4, -0.2) is 10.1 Å². The van der Waals surface area contributed by atoms with E-state index in [4.69, 9.17) is 10.8 Å². The molecule has 1 aromatic heterocycles. The highest BCUT2D eigenvalue weighted by atomic mass is 19.1. The molecule has 0 aliphatic carbocycles. The lowest BCUT2D eigenvalue weighted by atomic mass is 10.0. The Morgan fingerprint density at radius 1 is 1.18 bits per heavy atom. The summed E-state index contributed by atoms with van der Waals surface area (Å²) in [6.07, 6.45) is 1.40. The molecule has 17 heavy (non-hydrogen) atoms. The maximum absolute atomic E-state index is 13.9. The summed E-state index contributed by atoms with van der Waals surface area (Å²) in [7, 11) is 0. The maximum Gasteiger partial charge on any atom is 0.139 e. The quantitative estimate of drug-likeness (QED) is 0.839. The van der Waals surface area contributed by atoms with Crippen LogP contribution in [0.4, 0.5) is 14.6 Å². The van der Waals surface area contributed by atoms with Gasteiger partial charge in [-0.25, -0.2) is 13.8 Å². The molecular weight excluding hydrogens is 226 g/mol. The van der Waals surface area contributed by atoms with Crippen molar-refractivity contribution in [1.82, 2.24) is 4.98 Å². The van der Waals surface area contributed by atoms with Crippen molar-refractivity contribution >= 4 is 5.82 Å². The number of nitrogen functional groups attached to an aromatic ring is 1. The first-order chi connectivity index (χ1) is 8.13. The standard InChI is InChI=1S/C12H10F2N2O/c13-10-3-2-8(12(14)9(10)6-17)7-1-4-11(15)16-5-7/h1-5,17H,6H2,(H2,15,16). The minimum absolute atomic E-state index is 0.183. The van der Waals surface area contributed by atoms with Gasteiger partial charge in [-0.3, -0.25) is 0 Å². The number of halogens is 2. The highest BCUT2D eigenvalue weighted by Gasteiger charge is 2.14. The van der Waals surface area contributed by atoms with Gasteiger partial charge in [-0.2, -0.15) is 0 Å². The van der Waals surface area contributed by atoms with Crippen molar-refractivity contribution in [2.75, 3.05) is 5.73 Å². The van der Waals surface area contributed by atoms with Crippen LogP contribution in [0.25, 0.3) is 11.1 Å². The largest absolute Gasteiger partial charge is 0.391 e. The zero-order chi connectivity index (χ0) is 12.4. The molecule has 0 aliphatic rings. The van der Waals surface area contributed by atoms with Crippen LogP contribution in [-0.2, 0) is 6.61 Å². The zero-order valence-corrected chi connectivity index (χ0v) is 8.82. The summed E-state index contributed by atoms with van der Waals surface area (Å²) < 4.78 is 27.0. The predicted molar refractivity (Wildman–Crippen MR) is 59.9 cm³/mol. The van der Waals surface area contributed by atoms with Crippen LogP contribution in [0, 0.1) is 11.6 Å². The summed E-state index contributed by atoms with van der Waals surface area (Å²) in [6, 6.07) is 5.52. The molecule has 0 amide bonds. The summed E-state index contributed by atoms with van der Waals surface area (Å²) in [5, 5.41) is 8.90. The molecule has 0 atom stereocenters. The van der Waals surface area contributed by atoms with Gasteiger partial charge in [0.25, 0.3) is 0 Å². The molecule has 88 valence electrons. The molecule has 2 rings (SSSR count). The van der Waals surface area contributed by atoms with Crippen LogP contribution < -0.4 is 5.73 Å². The fraction of sp³-hybridized carbons (Fsp3) is 0.0833. The molecule has 3 N–H and O–H groups in total. The Morgan fingerprint density at radius 2 is 1.94 bits per heavy atom. The minimum Gasteiger partial charge on any atom is -0.391 e. The van der Waals surface area contributed by atoms with E-state index >= 15 is 0 Å². The van der Waals surface area contributed by atoms with Gasteiger partial charge in [0.05, 0.1) is 6.61 Å². The number of aliphatic hydroxyl groups is 1. The summed E-state index contributed by atoms with van der Waals surface area (Å²) >= 11 is 0. The minimum atomic E-state index is -0.779.